The summed E-state index contributed by atoms with van der Waals surface area (Å²) in [6, 6.07) is 5.48. The van der Waals surface area contributed by atoms with Crippen molar-refractivity contribution >= 4 is 49.4 Å². The second-order valence-electron chi connectivity index (χ2n) is 4.95. The normalized spacial score (nSPS) is 22.3. The fraction of sp³-hybridized carbons (Fsp3) is 0.429. The molecule has 0 spiro atoms. The molecular weight excluding hydrogens is 390 g/mol. The Morgan fingerprint density at radius 2 is 1.80 bits per heavy atom. The van der Waals surface area contributed by atoms with Gasteiger partial charge in [0.2, 0.25) is 5.91 Å². The lowest BCUT2D eigenvalue weighted by molar-refractivity contribution is -0.147. The number of halogens is 2. The molecule has 1 amide bonds. The molecule has 1 aliphatic rings. The number of anilines is 1. The van der Waals surface area contributed by atoms with Crippen molar-refractivity contribution in [2.24, 2.45) is 11.8 Å². The number of hydrogen-bond acceptors (Lipinski definition) is 2. The molecule has 0 aromatic heterocycles. The first-order chi connectivity index (χ1) is 9.49. The zero-order valence-corrected chi connectivity index (χ0v) is 13.9. The van der Waals surface area contributed by atoms with Gasteiger partial charge in [0.1, 0.15) is 0 Å². The molecule has 2 unspecified atom stereocenters. The highest BCUT2D eigenvalue weighted by molar-refractivity contribution is 9.11. The van der Waals surface area contributed by atoms with Crippen LogP contribution in [0.25, 0.3) is 0 Å². The molecule has 6 heteroatoms. The smallest absolute Gasteiger partial charge is 0.307 e. The molecule has 1 aliphatic carbocycles. The maximum absolute atomic E-state index is 12.3. The van der Waals surface area contributed by atoms with Crippen molar-refractivity contribution in [3.8, 4) is 0 Å². The summed E-state index contributed by atoms with van der Waals surface area (Å²) in [5.74, 6) is -2.11. The molecular formula is C14H15Br2NO3. The quantitative estimate of drug-likeness (QED) is 0.798. The third-order valence-electron chi connectivity index (χ3n) is 3.61. The number of carboxylic acids is 1. The third kappa shape index (κ3) is 3.61. The molecule has 1 fully saturated rings. The van der Waals surface area contributed by atoms with E-state index in [4.69, 9.17) is 0 Å². The number of carbonyl (C=O) groups is 2. The van der Waals surface area contributed by atoms with Crippen LogP contribution in [0.2, 0.25) is 0 Å². The van der Waals surface area contributed by atoms with Gasteiger partial charge in [-0.1, -0.05) is 28.8 Å². The van der Waals surface area contributed by atoms with Gasteiger partial charge in [-0.05, 0) is 47.0 Å². The first-order valence-electron chi connectivity index (χ1n) is 6.48. The van der Waals surface area contributed by atoms with Crippen LogP contribution < -0.4 is 5.32 Å². The largest absolute Gasteiger partial charge is 0.481 e. The van der Waals surface area contributed by atoms with Crippen LogP contribution in [0.15, 0.2) is 27.1 Å². The minimum Gasteiger partial charge on any atom is -0.481 e. The van der Waals surface area contributed by atoms with E-state index in [1.54, 1.807) is 6.07 Å². The maximum Gasteiger partial charge on any atom is 0.307 e. The average molecular weight is 405 g/mol. The van der Waals surface area contributed by atoms with Gasteiger partial charge in [-0.25, -0.2) is 0 Å². The summed E-state index contributed by atoms with van der Waals surface area (Å²) in [4.78, 5) is 23.6. The number of amides is 1. The lowest BCUT2D eigenvalue weighted by atomic mass is 9.78. The Hall–Kier alpha value is -0.880. The Morgan fingerprint density at radius 1 is 1.15 bits per heavy atom. The molecule has 1 aromatic carbocycles. The molecule has 4 nitrogen and oxygen atoms in total. The van der Waals surface area contributed by atoms with Crippen LogP contribution in [0, 0.1) is 11.8 Å². The highest BCUT2D eigenvalue weighted by Gasteiger charge is 2.35. The number of aliphatic carboxylic acids is 1. The molecule has 0 saturated heterocycles. The topological polar surface area (TPSA) is 66.4 Å². The summed E-state index contributed by atoms with van der Waals surface area (Å²) in [6.07, 6.45) is 2.99. The minimum atomic E-state index is -0.877. The molecule has 0 aliphatic heterocycles. The van der Waals surface area contributed by atoms with Crippen molar-refractivity contribution in [3.63, 3.8) is 0 Å². The zero-order valence-electron chi connectivity index (χ0n) is 10.7. The van der Waals surface area contributed by atoms with Crippen LogP contribution in [-0.4, -0.2) is 17.0 Å². The summed E-state index contributed by atoms with van der Waals surface area (Å²) in [5.41, 5.74) is 0.652. The lowest BCUT2D eigenvalue weighted by Gasteiger charge is -2.27. The van der Waals surface area contributed by atoms with Crippen LogP contribution in [0.3, 0.4) is 0 Å². The van der Waals surface area contributed by atoms with E-state index in [2.05, 4.69) is 37.2 Å². The SMILES string of the molecule is O=C(O)C1CCCCC1C(=O)Nc1cc(Br)ccc1Br. The number of carbonyl (C=O) groups excluding carboxylic acids is 1. The minimum absolute atomic E-state index is 0.212. The van der Waals surface area contributed by atoms with Gasteiger partial charge in [-0.2, -0.15) is 0 Å². The molecule has 1 aromatic rings. The Labute approximate surface area is 134 Å². The van der Waals surface area contributed by atoms with Crippen molar-refractivity contribution in [1.29, 1.82) is 0 Å². The Balaban J connectivity index is 2.14. The lowest BCUT2D eigenvalue weighted by Crippen LogP contribution is -2.36. The van der Waals surface area contributed by atoms with Gasteiger partial charge >= 0.3 is 5.97 Å². The predicted octanol–water partition coefficient (Wildman–Crippen LogP) is 4.04. The monoisotopic (exact) mass is 403 g/mol. The average Bonchev–Trinajstić information content (AvgIpc) is 2.42. The second-order valence-corrected chi connectivity index (χ2v) is 6.72. The number of benzene rings is 1. The van der Waals surface area contributed by atoms with E-state index in [1.807, 2.05) is 12.1 Å². The fourth-order valence-electron chi connectivity index (χ4n) is 2.56. The molecule has 20 heavy (non-hydrogen) atoms. The Bertz CT molecular complexity index is 533. The van der Waals surface area contributed by atoms with Gasteiger partial charge in [0.05, 0.1) is 17.5 Å². The molecule has 1 saturated carbocycles. The van der Waals surface area contributed by atoms with Gasteiger partial charge in [0.25, 0.3) is 0 Å². The molecule has 2 N–H and O–H groups in total. The first-order valence-corrected chi connectivity index (χ1v) is 8.06. The molecule has 2 rings (SSSR count). The van der Waals surface area contributed by atoms with Crippen LogP contribution in [0.5, 0.6) is 0 Å². The van der Waals surface area contributed by atoms with Gasteiger partial charge in [0, 0.05) is 8.95 Å². The van der Waals surface area contributed by atoms with Gasteiger partial charge in [-0.15, -0.1) is 0 Å². The van der Waals surface area contributed by atoms with Crippen molar-refractivity contribution < 1.29 is 14.7 Å². The highest BCUT2D eigenvalue weighted by atomic mass is 79.9. The summed E-state index contributed by atoms with van der Waals surface area (Å²) < 4.78 is 1.63. The van der Waals surface area contributed by atoms with E-state index in [0.717, 1.165) is 21.8 Å². The first kappa shape index (κ1) is 15.5. The van der Waals surface area contributed by atoms with Gasteiger partial charge in [0.15, 0.2) is 0 Å². The summed E-state index contributed by atoms with van der Waals surface area (Å²) in [7, 11) is 0. The van der Waals surface area contributed by atoms with Crippen molar-refractivity contribution in [2.45, 2.75) is 25.7 Å². The second kappa shape index (κ2) is 6.72. The Morgan fingerprint density at radius 3 is 2.45 bits per heavy atom. The van der Waals surface area contributed by atoms with Crippen molar-refractivity contribution in [3.05, 3.63) is 27.1 Å². The van der Waals surface area contributed by atoms with Crippen molar-refractivity contribution in [1.82, 2.24) is 0 Å². The Kier molecular flexibility index (Phi) is 5.21. The molecule has 0 bridgehead atoms. The van der Waals surface area contributed by atoms with E-state index < -0.39 is 17.8 Å². The van der Waals surface area contributed by atoms with E-state index in [9.17, 15) is 14.7 Å². The van der Waals surface area contributed by atoms with E-state index in [0.29, 0.717) is 18.5 Å². The van der Waals surface area contributed by atoms with Gasteiger partial charge in [-0.3, -0.25) is 9.59 Å². The molecule has 108 valence electrons. The van der Waals surface area contributed by atoms with E-state index in [1.165, 1.54) is 0 Å². The summed E-state index contributed by atoms with van der Waals surface area (Å²) in [6.45, 7) is 0. The van der Waals surface area contributed by atoms with Gasteiger partial charge < -0.3 is 10.4 Å². The fourth-order valence-corrected chi connectivity index (χ4v) is 3.27. The third-order valence-corrected chi connectivity index (χ3v) is 4.79. The number of rotatable bonds is 3. The number of nitrogens with one attached hydrogen (secondary N) is 1. The van der Waals surface area contributed by atoms with Crippen LogP contribution in [0.1, 0.15) is 25.7 Å². The van der Waals surface area contributed by atoms with Crippen LogP contribution >= 0.6 is 31.9 Å². The zero-order chi connectivity index (χ0) is 14.7. The maximum atomic E-state index is 12.3. The van der Waals surface area contributed by atoms with Crippen molar-refractivity contribution in [2.75, 3.05) is 5.32 Å². The standard InChI is InChI=1S/C14H15Br2NO3/c15-8-5-6-11(16)12(7-8)17-13(18)9-3-1-2-4-10(9)14(19)20/h5-7,9-10H,1-4H2,(H,17,18)(H,19,20). The number of hydrogen-bond donors (Lipinski definition) is 2. The summed E-state index contributed by atoms with van der Waals surface area (Å²) >= 11 is 6.73. The van der Waals surface area contributed by atoms with E-state index >= 15 is 0 Å². The number of carboxylic acid groups (broad SMARTS) is 1. The van der Waals surface area contributed by atoms with Crippen LogP contribution in [0.4, 0.5) is 5.69 Å². The highest BCUT2D eigenvalue weighted by Crippen LogP contribution is 2.33. The molecule has 0 radical (unpaired) electrons. The molecule has 0 heterocycles. The van der Waals surface area contributed by atoms with E-state index in [-0.39, 0.29) is 5.91 Å². The predicted molar refractivity (Wildman–Crippen MR) is 83.6 cm³/mol. The molecule has 2 atom stereocenters. The summed E-state index contributed by atoms with van der Waals surface area (Å²) in [5, 5.41) is 12.1. The van der Waals surface area contributed by atoms with Crippen LogP contribution in [-0.2, 0) is 9.59 Å².